The molecule has 1 fully saturated rings. The fraction of sp³-hybridized carbons (Fsp3) is 0.324. The van der Waals surface area contributed by atoms with E-state index in [1.54, 1.807) is 56.4 Å². The van der Waals surface area contributed by atoms with Crippen LogP contribution in [-0.4, -0.2) is 58.5 Å². The molecule has 0 aliphatic carbocycles. The number of nitrogens with zero attached hydrogens (tertiary/aromatic N) is 4. The van der Waals surface area contributed by atoms with Gasteiger partial charge in [0.15, 0.2) is 0 Å². The molecule has 2 aromatic carbocycles. The Morgan fingerprint density at radius 2 is 1.80 bits per heavy atom. The van der Waals surface area contributed by atoms with Gasteiger partial charge in [-0.05, 0) is 67.3 Å². The maximum absolute atomic E-state index is 13.7. The van der Waals surface area contributed by atoms with Crippen LogP contribution in [0.25, 0.3) is 11.1 Å². The van der Waals surface area contributed by atoms with Crippen molar-refractivity contribution in [2.75, 3.05) is 48.0 Å². The summed E-state index contributed by atoms with van der Waals surface area (Å²) in [4.78, 5) is 35.2. The van der Waals surface area contributed by atoms with Crippen LogP contribution in [0, 0.1) is 0 Å². The van der Waals surface area contributed by atoms with Gasteiger partial charge in [-0.25, -0.2) is 4.98 Å². The Labute approximate surface area is 256 Å². The van der Waals surface area contributed by atoms with Crippen LogP contribution in [0.5, 0.6) is 0 Å². The molecule has 0 bridgehead atoms. The van der Waals surface area contributed by atoms with Crippen molar-refractivity contribution in [3.8, 4) is 11.1 Å². The number of anilines is 4. The monoisotopic (exact) mass is 595 g/mol. The lowest BCUT2D eigenvalue weighted by Crippen LogP contribution is -2.38. The summed E-state index contributed by atoms with van der Waals surface area (Å²) < 4.78 is 6.93. The summed E-state index contributed by atoms with van der Waals surface area (Å²) in [6.07, 6.45) is 4.13. The smallest absolute Gasteiger partial charge is 0.274 e. The van der Waals surface area contributed by atoms with E-state index in [0.717, 1.165) is 35.5 Å². The lowest BCUT2D eigenvalue weighted by atomic mass is 9.90. The van der Waals surface area contributed by atoms with Crippen molar-refractivity contribution in [3.63, 3.8) is 0 Å². The number of morpholine rings is 1. The maximum atomic E-state index is 13.7. The number of hydrogen-bond acceptors (Lipinski definition) is 8. The van der Waals surface area contributed by atoms with Gasteiger partial charge in [0.05, 0.1) is 43.0 Å². The van der Waals surface area contributed by atoms with Crippen LogP contribution < -0.4 is 20.7 Å². The summed E-state index contributed by atoms with van der Waals surface area (Å²) >= 11 is 0. The number of pyridine rings is 2. The second-order valence-corrected chi connectivity index (χ2v) is 11.8. The van der Waals surface area contributed by atoms with E-state index in [0.29, 0.717) is 60.1 Å². The molecule has 2 aliphatic rings. The molecule has 0 radical (unpaired) electrons. The van der Waals surface area contributed by atoms with Gasteiger partial charge in [-0.3, -0.25) is 9.59 Å². The van der Waals surface area contributed by atoms with Gasteiger partial charge in [-0.2, -0.15) is 0 Å². The molecule has 10 nitrogen and oxygen atoms in total. The third kappa shape index (κ3) is 5.71. The first-order valence-corrected chi connectivity index (χ1v) is 14.8. The minimum absolute atomic E-state index is 0.158. The Balaban J connectivity index is 1.30. The summed E-state index contributed by atoms with van der Waals surface area (Å²) in [5.74, 6) is 0.382. The van der Waals surface area contributed by atoms with E-state index in [1.807, 2.05) is 36.4 Å². The van der Waals surface area contributed by atoms with Crippen LogP contribution in [0.1, 0.15) is 40.9 Å². The summed E-state index contributed by atoms with van der Waals surface area (Å²) in [5.41, 5.74) is 5.01. The first kappa shape index (κ1) is 29.6. The largest absolute Gasteiger partial charge is 0.392 e. The van der Waals surface area contributed by atoms with E-state index in [9.17, 15) is 19.8 Å². The average Bonchev–Trinajstić information content (AvgIpc) is 3.03. The number of ether oxygens (including phenoxy) is 1. The van der Waals surface area contributed by atoms with Crippen LogP contribution in [-0.2, 0) is 30.4 Å². The van der Waals surface area contributed by atoms with Gasteiger partial charge in [-0.15, -0.1) is 0 Å². The van der Waals surface area contributed by atoms with E-state index < -0.39 is 5.60 Å². The van der Waals surface area contributed by atoms with Gasteiger partial charge in [0.2, 0.25) is 0 Å². The van der Waals surface area contributed by atoms with Gasteiger partial charge in [-0.1, -0.05) is 24.3 Å². The Morgan fingerprint density at radius 1 is 1.00 bits per heavy atom. The van der Waals surface area contributed by atoms with E-state index >= 15 is 0 Å². The molecule has 3 N–H and O–H groups in total. The molecule has 0 saturated carbocycles. The molecule has 2 aliphatic heterocycles. The van der Waals surface area contributed by atoms with Crippen LogP contribution >= 0.6 is 0 Å². The number of aryl methyl sites for hydroxylation is 1. The fourth-order valence-corrected chi connectivity index (χ4v) is 5.92. The molecular weight excluding hydrogens is 558 g/mol. The van der Waals surface area contributed by atoms with Crippen LogP contribution in [0.3, 0.4) is 0 Å². The number of nitrogens with one attached hydrogen (secondary N) is 1. The van der Waals surface area contributed by atoms with Gasteiger partial charge in [0.25, 0.3) is 11.5 Å². The van der Waals surface area contributed by atoms with E-state index in [-0.39, 0.29) is 18.1 Å². The summed E-state index contributed by atoms with van der Waals surface area (Å²) in [6.45, 7) is 6.57. The minimum Gasteiger partial charge on any atom is -0.392 e. The minimum atomic E-state index is -1.00. The third-order valence-corrected chi connectivity index (χ3v) is 8.37. The maximum Gasteiger partial charge on any atom is 0.274 e. The highest BCUT2D eigenvalue weighted by molar-refractivity contribution is 6.09. The zero-order chi connectivity index (χ0) is 31.0. The molecule has 2 aromatic heterocycles. The molecule has 6 rings (SSSR count). The summed E-state index contributed by atoms with van der Waals surface area (Å²) in [5, 5.41) is 24.2. The average molecular weight is 596 g/mol. The predicted molar refractivity (Wildman–Crippen MR) is 171 cm³/mol. The fourth-order valence-electron chi connectivity index (χ4n) is 5.92. The molecule has 228 valence electrons. The number of hydrogen-bond donors (Lipinski definition) is 3. The molecule has 4 heterocycles. The standard InChI is InChI=1S/C34H37N5O5/c1-34(2,43)24-7-9-27-22(17-24)11-12-39(32(27)41)30-6-4-5-26(28(30)21-40)23-18-29(33(42)37(3)20-23)36-31-10-8-25(19-35-31)38-13-15-44-16-14-38/h4-10,17-20,40,43H,11-16,21H2,1-3H3,(H,35,36). The number of carbonyl (C=O) groups excluding carboxylic acids is 1. The summed E-state index contributed by atoms with van der Waals surface area (Å²) in [6, 6.07) is 16.6. The van der Waals surface area contributed by atoms with Crippen LogP contribution in [0.2, 0.25) is 0 Å². The van der Waals surface area contributed by atoms with Crippen molar-refractivity contribution in [2.24, 2.45) is 7.05 Å². The van der Waals surface area contributed by atoms with E-state index in [1.165, 1.54) is 4.57 Å². The molecule has 1 saturated heterocycles. The molecule has 0 spiro atoms. The van der Waals surface area contributed by atoms with Crippen molar-refractivity contribution >= 4 is 28.8 Å². The first-order chi connectivity index (χ1) is 21.1. The van der Waals surface area contributed by atoms with Gasteiger partial charge in [0, 0.05) is 49.6 Å². The molecule has 4 aromatic rings. The molecule has 10 heteroatoms. The number of benzene rings is 2. The summed E-state index contributed by atoms with van der Waals surface area (Å²) in [7, 11) is 1.68. The van der Waals surface area contributed by atoms with Crippen molar-refractivity contribution in [1.82, 2.24) is 9.55 Å². The number of aliphatic hydroxyl groups is 2. The van der Waals surface area contributed by atoms with Gasteiger partial charge in [0.1, 0.15) is 11.5 Å². The number of amides is 1. The van der Waals surface area contributed by atoms with E-state index in [4.69, 9.17) is 4.74 Å². The molecule has 0 atom stereocenters. The van der Waals surface area contributed by atoms with E-state index in [2.05, 4.69) is 15.2 Å². The number of aromatic nitrogens is 2. The number of fused-ring (bicyclic) bond motifs is 1. The van der Waals surface area contributed by atoms with Crippen molar-refractivity contribution < 1.29 is 19.7 Å². The first-order valence-electron chi connectivity index (χ1n) is 14.8. The van der Waals surface area contributed by atoms with Crippen molar-refractivity contribution in [2.45, 2.75) is 32.5 Å². The highest BCUT2D eigenvalue weighted by Gasteiger charge is 2.29. The van der Waals surface area contributed by atoms with Crippen LogP contribution in [0.4, 0.5) is 22.9 Å². The Kier molecular flexibility index (Phi) is 7.98. The Bertz CT molecular complexity index is 1750. The molecule has 44 heavy (non-hydrogen) atoms. The molecule has 1 amide bonds. The van der Waals surface area contributed by atoms with Crippen molar-refractivity contribution in [3.05, 3.63) is 99.6 Å². The second-order valence-electron chi connectivity index (χ2n) is 11.8. The normalized spacial score (nSPS) is 15.3. The molecule has 0 unspecified atom stereocenters. The second kappa shape index (κ2) is 11.9. The zero-order valence-electron chi connectivity index (χ0n) is 25.2. The SMILES string of the molecule is Cn1cc(-c2cccc(N3CCc4cc(C(C)(C)O)ccc4C3=O)c2CO)cc(Nc2ccc(N3CCOCC3)cn2)c1=O. The zero-order valence-corrected chi connectivity index (χ0v) is 25.2. The topological polar surface area (TPSA) is 120 Å². The number of carbonyl (C=O) groups is 1. The Morgan fingerprint density at radius 3 is 2.50 bits per heavy atom. The lowest BCUT2D eigenvalue weighted by Gasteiger charge is -2.32. The number of rotatable bonds is 7. The van der Waals surface area contributed by atoms with Gasteiger partial charge < -0.3 is 34.6 Å². The van der Waals surface area contributed by atoms with Crippen LogP contribution in [0.15, 0.2) is 71.8 Å². The lowest BCUT2D eigenvalue weighted by molar-refractivity contribution is 0.0783. The number of aliphatic hydroxyl groups excluding tert-OH is 1. The predicted octanol–water partition coefficient (Wildman–Crippen LogP) is 3.95. The highest BCUT2D eigenvalue weighted by Crippen LogP contribution is 2.35. The molecular formula is C34H37N5O5. The Hall–Kier alpha value is -4.51. The van der Waals surface area contributed by atoms with Crippen molar-refractivity contribution in [1.29, 1.82) is 0 Å². The third-order valence-electron chi connectivity index (χ3n) is 8.37. The quantitative estimate of drug-likeness (QED) is 0.294. The highest BCUT2D eigenvalue weighted by atomic mass is 16.5. The van der Waals surface area contributed by atoms with Gasteiger partial charge >= 0.3 is 0 Å².